The number of nitrogens with zero attached hydrogens (tertiary/aromatic N) is 3. The zero-order valence-electron chi connectivity index (χ0n) is 13.9. The van der Waals surface area contributed by atoms with Crippen LogP contribution in [0.15, 0.2) is 46.2 Å². The van der Waals surface area contributed by atoms with Crippen molar-refractivity contribution < 1.29 is 9.21 Å². The van der Waals surface area contributed by atoms with Gasteiger partial charge in [-0.05, 0) is 36.8 Å². The van der Waals surface area contributed by atoms with Gasteiger partial charge in [-0.25, -0.2) is 0 Å². The van der Waals surface area contributed by atoms with Crippen LogP contribution in [0, 0.1) is 0 Å². The number of thioether (sulfide) groups is 1. The molecule has 0 atom stereocenters. The number of hydrogen-bond acceptors (Lipinski definition) is 5. The number of benzene rings is 1. The summed E-state index contributed by atoms with van der Waals surface area (Å²) in [6, 6.07) is 8.56. The molecule has 0 radical (unpaired) electrons. The van der Waals surface area contributed by atoms with Gasteiger partial charge in [0.25, 0.3) is 0 Å². The van der Waals surface area contributed by atoms with Crippen LogP contribution in [-0.2, 0) is 11.3 Å². The van der Waals surface area contributed by atoms with E-state index in [1.165, 1.54) is 11.8 Å². The number of hydrogen-bond donors (Lipinski definition) is 1. The molecule has 1 amide bonds. The van der Waals surface area contributed by atoms with Gasteiger partial charge < -0.3 is 9.73 Å². The first-order valence-electron chi connectivity index (χ1n) is 7.93. The number of halogens is 2. The van der Waals surface area contributed by atoms with Crippen LogP contribution in [0.2, 0.25) is 10.0 Å². The molecule has 0 saturated heterocycles. The maximum absolute atomic E-state index is 12.2. The van der Waals surface area contributed by atoms with E-state index in [1.807, 2.05) is 10.6 Å². The van der Waals surface area contributed by atoms with Crippen LogP contribution in [0.3, 0.4) is 0 Å². The molecule has 1 aromatic carbocycles. The molecule has 3 aromatic rings. The summed E-state index contributed by atoms with van der Waals surface area (Å²) >= 11 is 13.2. The van der Waals surface area contributed by atoms with Gasteiger partial charge in [-0.1, -0.05) is 41.9 Å². The lowest BCUT2D eigenvalue weighted by Gasteiger charge is -2.09. The fourth-order valence-electron chi connectivity index (χ4n) is 2.32. The molecule has 0 fully saturated rings. The van der Waals surface area contributed by atoms with Crippen LogP contribution < -0.4 is 5.32 Å². The predicted octanol–water partition coefficient (Wildman–Crippen LogP) is 4.99. The fraction of sp³-hybridized carbons (Fsp3) is 0.235. The molecule has 3 rings (SSSR count). The summed E-state index contributed by atoms with van der Waals surface area (Å²) in [5.74, 6) is 1.29. The molecule has 0 saturated carbocycles. The normalized spacial score (nSPS) is 10.9. The molecule has 0 aliphatic rings. The largest absolute Gasteiger partial charge is 0.461 e. The number of rotatable bonds is 7. The highest BCUT2D eigenvalue weighted by molar-refractivity contribution is 7.99. The summed E-state index contributed by atoms with van der Waals surface area (Å²) in [5, 5.41) is 12.7. The first kappa shape index (κ1) is 18.8. The van der Waals surface area contributed by atoms with Gasteiger partial charge in [0.15, 0.2) is 16.7 Å². The van der Waals surface area contributed by atoms with Crippen molar-refractivity contribution in [2.75, 3.05) is 11.1 Å². The second-order valence-electron chi connectivity index (χ2n) is 5.40. The van der Waals surface area contributed by atoms with Gasteiger partial charge >= 0.3 is 0 Å². The molecule has 1 N–H and O–H groups in total. The van der Waals surface area contributed by atoms with E-state index in [-0.39, 0.29) is 11.7 Å². The smallest absolute Gasteiger partial charge is 0.234 e. The number of amides is 1. The van der Waals surface area contributed by atoms with Gasteiger partial charge in [0.2, 0.25) is 5.91 Å². The van der Waals surface area contributed by atoms with Crippen LogP contribution in [0.1, 0.15) is 13.3 Å². The fourth-order valence-corrected chi connectivity index (χ4v) is 3.54. The molecule has 2 heterocycles. The Hall–Kier alpha value is -1.96. The number of carbonyl (C=O) groups excluding carboxylic acids is 1. The maximum atomic E-state index is 12.2. The van der Waals surface area contributed by atoms with Crippen molar-refractivity contribution in [3.63, 3.8) is 0 Å². The molecule has 0 spiro atoms. The lowest BCUT2D eigenvalue weighted by atomic mass is 10.3. The topological polar surface area (TPSA) is 73.0 Å². The van der Waals surface area contributed by atoms with E-state index in [0.29, 0.717) is 32.5 Å². The predicted molar refractivity (Wildman–Crippen MR) is 104 cm³/mol. The molecule has 0 aliphatic carbocycles. The summed E-state index contributed by atoms with van der Waals surface area (Å²) in [6.07, 6.45) is 2.50. The molecule has 2 aromatic heterocycles. The summed E-state index contributed by atoms with van der Waals surface area (Å²) in [6.45, 7) is 2.80. The first-order valence-corrected chi connectivity index (χ1v) is 9.67. The van der Waals surface area contributed by atoms with Crippen molar-refractivity contribution in [2.45, 2.75) is 25.0 Å². The van der Waals surface area contributed by atoms with E-state index in [2.05, 4.69) is 22.4 Å². The zero-order chi connectivity index (χ0) is 18.5. The van der Waals surface area contributed by atoms with Crippen molar-refractivity contribution >= 4 is 46.6 Å². The molecule has 6 nitrogen and oxygen atoms in total. The molecule has 9 heteroatoms. The molecule has 0 unspecified atom stereocenters. The van der Waals surface area contributed by atoms with Crippen molar-refractivity contribution in [1.29, 1.82) is 0 Å². The molecular formula is C17H16Cl2N4O2S. The van der Waals surface area contributed by atoms with Crippen molar-refractivity contribution in [1.82, 2.24) is 14.8 Å². The summed E-state index contributed by atoms with van der Waals surface area (Å²) in [5.41, 5.74) is 0.521. The highest BCUT2D eigenvalue weighted by atomic mass is 35.5. The highest BCUT2D eigenvalue weighted by Crippen LogP contribution is 2.27. The van der Waals surface area contributed by atoms with Crippen LogP contribution in [-0.4, -0.2) is 26.4 Å². The van der Waals surface area contributed by atoms with Gasteiger partial charge in [-0.2, -0.15) is 0 Å². The van der Waals surface area contributed by atoms with E-state index in [4.69, 9.17) is 27.6 Å². The average Bonchev–Trinajstić information content (AvgIpc) is 3.26. The number of anilines is 1. The lowest BCUT2D eigenvalue weighted by molar-refractivity contribution is -0.113. The third-order valence-corrected chi connectivity index (χ3v) is 4.96. The average molecular weight is 411 g/mol. The Morgan fingerprint density at radius 2 is 2.15 bits per heavy atom. The quantitative estimate of drug-likeness (QED) is 0.555. The van der Waals surface area contributed by atoms with Gasteiger partial charge in [0.05, 0.1) is 22.7 Å². The summed E-state index contributed by atoms with van der Waals surface area (Å²) in [4.78, 5) is 12.2. The molecule has 0 bridgehead atoms. The standard InChI is InChI=1S/C17H16Cl2N4O2S/c1-2-7-23-16(14-4-3-8-25-14)21-22-17(23)26-10-15(24)20-13-6-5-11(18)9-12(13)19/h3-6,8-9H,2,7,10H2,1H3,(H,20,24). The lowest BCUT2D eigenvalue weighted by Crippen LogP contribution is -2.15. The third-order valence-electron chi connectivity index (χ3n) is 3.44. The second-order valence-corrected chi connectivity index (χ2v) is 7.18. The Balaban J connectivity index is 1.68. The van der Waals surface area contributed by atoms with Crippen molar-refractivity contribution in [3.05, 3.63) is 46.6 Å². The Labute approximate surface area is 164 Å². The molecular weight excluding hydrogens is 395 g/mol. The zero-order valence-corrected chi connectivity index (χ0v) is 16.2. The van der Waals surface area contributed by atoms with Crippen LogP contribution >= 0.6 is 35.0 Å². The molecule has 26 heavy (non-hydrogen) atoms. The van der Waals surface area contributed by atoms with Gasteiger partial charge in [0, 0.05) is 11.6 Å². The van der Waals surface area contributed by atoms with E-state index in [9.17, 15) is 4.79 Å². The third kappa shape index (κ3) is 4.41. The summed E-state index contributed by atoms with van der Waals surface area (Å²) in [7, 11) is 0. The SMILES string of the molecule is CCCn1c(SCC(=O)Nc2ccc(Cl)cc2Cl)nnc1-c1ccco1. The maximum Gasteiger partial charge on any atom is 0.234 e. The van der Waals surface area contributed by atoms with Gasteiger partial charge in [0.1, 0.15) is 0 Å². The number of aromatic nitrogens is 3. The van der Waals surface area contributed by atoms with E-state index < -0.39 is 0 Å². The van der Waals surface area contributed by atoms with Crippen LogP contribution in [0.5, 0.6) is 0 Å². The molecule has 136 valence electrons. The van der Waals surface area contributed by atoms with E-state index in [0.717, 1.165) is 13.0 Å². The van der Waals surface area contributed by atoms with Crippen molar-refractivity contribution in [2.24, 2.45) is 0 Å². The van der Waals surface area contributed by atoms with E-state index in [1.54, 1.807) is 30.5 Å². The second kappa shape index (κ2) is 8.62. The highest BCUT2D eigenvalue weighted by Gasteiger charge is 2.17. The summed E-state index contributed by atoms with van der Waals surface area (Å²) < 4.78 is 7.36. The number of furan rings is 1. The van der Waals surface area contributed by atoms with Gasteiger partial charge in [-0.15, -0.1) is 10.2 Å². The van der Waals surface area contributed by atoms with Crippen LogP contribution in [0.4, 0.5) is 5.69 Å². The van der Waals surface area contributed by atoms with Crippen LogP contribution in [0.25, 0.3) is 11.6 Å². The Morgan fingerprint density at radius 1 is 1.31 bits per heavy atom. The van der Waals surface area contributed by atoms with Crippen molar-refractivity contribution in [3.8, 4) is 11.6 Å². The van der Waals surface area contributed by atoms with Gasteiger partial charge in [-0.3, -0.25) is 9.36 Å². The Morgan fingerprint density at radius 3 is 2.85 bits per heavy atom. The van der Waals surface area contributed by atoms with E-state index >= 15 is 0 Å². The Bertz CT molecular complexity index is 896. The monoisotopic (exact) mass is 410 g/mol. The number of carbonyl (C=O) groups is 1. The number of nitrogens with one attached hydrogen (secondary N) is 1. The minimum Gasteiger partial charge on any atom is -0.461 e. The minimum absolute atomic E-state index is 0.180. The Kier molecular flexibility index (Phi) is 6.24. The minimum atomic E-state index is -0.190. The first-order chi connectivity index (χ1) is 12.6. The molecule has 0 aliphatic heterocycles.